The Hall–Kier alpha value is -3.71. The number of ether oxygens (including phenoxy) is 1. The number of nitrogens with one attached hydrogen (secondary N) is 3. The molecule has 0 spiro atoms. The van der Waals surface area contributed by atoms with Crippen LogP contribution in [0, 0.1) is 5.92 Å². The molecule has 0 fully saturated rings. The second-order valence-corrected chi connectivity index (χ2v) is 10.7. The van der Waals surface area contributed by atoms with E-state index in [0.29, 0.717) is 40.8 Å². The molecule has 0 atom stereocenters. The third-order valence-electron chi connectivity index (χ3n) is 5.73. The second-order valence-electron chi connectivity index (χ2n) is 10.3. The second kappa shape index (κ2) is 12.5. The summed E-state index contributed by atoms with van der Waals surface area (Å²) >= 11 is 5.33. The van der Waals surface area contributed by atoms with Crippen molar-refractivity contribution in [3.8, 4) is 5.75 Å². The van der Waals surface area contributed by atoms with Gasteiger partial charge in [0, 0.05) is 16.9 Å². The predicted octanol–water partition coefficient (Wildman–Crippen LogP) is 6.79. The molecule has 194 valence electrons. The van der Waals surface area contributed by atoms with E-state index >= 15 is 0 Å². The molecule has 0 heterocycles. The number of carbonyl (C=O) groups is 2. The molecule has 3 aromatic rings. The van der Waals surface area contributed by atoms with E-state index in [0.717, 1.165) is 6.42 Å². The van der Waals surface area contributed by atoms with Crippen molar-refractivity contribution in [2.24, 2.45) is 5.92 Å². The van der Waals surface area contributed by atoms with Gasteiger partial charge in [0.25, 0.3) is 11.8 Å². The van der Waals surface area contributed by atoms with Gasteiger partial charge in [-0.05, 0) is 84.1 Å². The predicted molar refractivity (Wildman–Crippen MR) is 155 cm³/mol. The molecule has 0 aliphatic heterocycles. The van der Waals surface area contributed by atoms with E-state index in [2.05, 4.69) is 50.6 Å². The van der Waals surface area contributed by atoms with Crippen LogP contribution in [0.4, 0.5) is 11.4 Å². The zero-order valence-corrected chi connectivity index (χ0v) is 22.9. The van der Waals surface area contributed by atoms with Gasteiger partial charge >= 0.3 is 0 Å². The molecule has 6 nitrogen and oxygen atoms in total. The van der Waals surface area contributed by atoms with E-state index in [1.54, 1.807) is 42.5 Å². The number of hydrogen-bond donors (Lipinski definition) is 3. The molecule has 3 N–H and O–H groups in total. The van der Waals surface area contributed by atoms with Crippen LogP contribution in [0.25, 0.3) is 0 Å². The quantitative estimate of drug-likeness (QED) is 0.287. The highest BCUT2D eigenvalue weighted by Crippen LogP contribution is 2.23. The number of benzene rings is 3. The first-order valence-electron chi connectivity index (χ1n) is 12.4. The van der Waals surface area contributed by atoms with Crippen molar-refractivity contribution in [3.63, 3.8) is 0 Å². The minimum absolute atomic E-state index is 0.0303. The van der Waals surface area contributed by atoms with Crippen LogP contribution >= 0.6 is 12.2 Å². The topological polar surface area (TPSA) is 79.5 Å². The first kappa shape index (κ1) is 27.9. The van der Waals surface area contributed by atoms with Gasteiger partial charge in [0.1, 0.15) is 5.75 Å². The fraction of sp³-hybridized carbons (Fsp3) is 0.300. The molecule has 7 heteroatoms. The molecule has 0 bridgehead atoms. The van der Waals surface area contributed by atoms with Crippen LogP contribution in [-0.2, 0) is 5.41 Å². The summed E-state index contributed by atoms with van der Waals surface area (Å²) in [5.74, 6) is 0.506. The first-order valence-corrected chi connectivity index (χ1v) is 12.8. The van der Waals surface area contributed by atoms with E-state index in [-0.39, 0.29) is 22.3 Å². The normalized spacial score (nSPS) is 11.1. The van der Waals surface area contributed by atoms with Crippen molar-refractivity contribution in [3.05, 3.63) is 89.5 Å². The summed E-state index contributed by atoms with van der Waals surface area (Å²) in [7, 11) is 0. The zero-order chi connectivity index (χ0) is 27.0. The lowest BCUT2D eigenvalue weighted by molar-refractivity contribution is 0.0972. The Kier molecular flexibility index (Phi) is 9.42. The van der Waals surface area contributed by atoms with Crippen molar-refractivity contribution in [1.29, 1.82) is 0 Å². The number of carbonyl (C=O) groups excluding carboxylic acids is 2. The molecule has 3 aromatic carbocycles. The number of anilines is 2. The van der Waals surface area contributed by atoms with Gasteiger partial charge in [-0.2, -0.15) is 0 Å². The number of para-hydroxylation sites is 1. The minimum atomic E-state index is -0.348. The van der Waals surface area contributed by atoms with Gasteiger partial charge in [0.15, 0.2) is 5.11 Å². The fourth-order valence-corrected chi connectivity index (χ4v) is 3.69. The fourth-order valence-electron chi connectivity index (χ4n) is 3.48. The summed E-state index contributed by atoms with van der Waals surface area (Å²) in [5, 5.41) is 8.76. The largest absolute Gasteiger partial charge is 0.493 e. The van der Waals surface area contributed by atoms with Gasteiger partial charge in [0.2, 0.25) is 0 Å². The first-order chi connectivity index (χ1) is 17.5. The van der Waals surface area contributed by atoms with Crippen LogP contribution in [0.15, 0.2) is 72.8 Å². The number of rotatable bonds is 8. The maximum absolute atomic E-state index is 12.8. The molecule has 37 heavy (non-hydrogen) atoms. The Labute approximate surface area is 224 Å². The summed E-state index contributed by atoms with van der Waals surface area (Å²) in [5.41, 5.74) is 3.54. The molecule has 0 aromatic heterocycles. The molecule has 3 rings (SSSR count). The number of amides is 2. The molecule has 0 aliphatic carbocycles. The van der Waals surface area contributed by atoms with E-state index in [9.17, 15) is 9.59 Å². The van der Waals surface area contributed by atoms with Crippen LogP contribution in [0.2, 0.25) is 0 Å². The Balaban J connectivity index is 1.54. The van der Waals surface area contributed by atoms with Crippen LogP contribution in [0.1, 0.15) is 67.3 Å². The average Bonchev–Trinajstić information content (AvgIpc) is 2.84. The molecule has 0 radical (unpaired) electrons. The van der Waals surface area contributed by atoms with E-state index in [1.165, 1.54) is 5.56 Å². The van der Waals surface area contributed by atoms with Crippen LogP contribution in [-0.4, -0.2) is 23.5 Å². The van der Waals surface area contributed by atoms with Crippen LogP contribution in [0.5, 0.6) is 5.75 Å². The van der Waals surface area contributed by atoms with Crippen molar-refractivity contribution in [1.82, 2.24) is 5.32 Å². The molecule has 0 aliphatic rings. The lowest BCUT2D eigenvalue weighted by atomic mass is 9.87. The summed E-state index contributed by atoms with van der Waals surface area (Å²) in [4.78, 5) is 25.4. The SMILES string of the molecule is CC(C)CCOc1ccccc1C(=O)NC(=S)Nc1ccc(NC(=O)c2ccc(C(C)(C)C)cc2)cc1. The molecule has 0 saturated carbocycles. The average molecular weight is 518 g/mol. The summed E-state index contributed by atoms with van der Waals surface area (Å²) in [6.45, 7) is 11.2. The van der Waals surface area contributed by atoms with Gasteiger partial charge in [-0.25, -0.2) is 0 Å². The van der Waals surface area contributed by atoms with E-state index in [1.807, 2.05) is 30.3 Å². The van der Waals surface area contributed by atoms with Crippen LogP contribution < -0.4 is 20.7 Å². The lowest BCUT2D eigenvalue weighted by Gasteiger charge is -2.19. The number of hydrogen-bond acceptors (Lipinski definition) is 4. The van der Waals surface area contributed by atoms with Gasteiger partial charge in [-0.3, -0.25) is 14.9 Å². The standard InChI is InChI=1S/C30H35N3O3S/c1-20(2)18-19-36-26-9-7-6-8-25(26)28(35)33-29(37)32-24-16-14-23(15-17-24)31-27(34)21-10-12-22(13-11-21)30(3,4)5/h6-17,20H,18-19H2,1-5H3,(H,31,34)(H2,32,33,35,37). The van der Waals surface area contributed by atoms with Gasteiger partial charge in [-0.1, -0.05) is 58.9 Å². The maximum Gasteiger partial charge on any atom is 0.261 e. The lowest BCUT2D eigenvalue weighted by Crippen LogP contribution is -2.34. The van der Waals surface area contributed by atoms with Crippen LogP contribution in [0.3, 0.4) is 0 Å². The molecular weight excluding hydrogens is 482 g/mol. The van der Waals surface area contributed by atoms with Gasteiger partial charge < -0.3 is 15.4 Å². The molecular formula is C30H35N3O3S. The third kappa shape index (κ3) is 8.43. The zero-order valence-electron chi connectivity index (χ0n) is 22.1. The summed E-state index contributed by atoms with van der Waals surface area (Å²) < 4.78 is 5.81. The molecule has 0 saturated heterocycles. The Morgan fingerprint density at radius 1 is 0.838 bits per heavy atom. The molecule has 0 unspecified atom stereocenters. The van der Waals surface area contributed by atoms with Crippen molar-refractivity contribution in [2.45, 2.75) is 46.5 Å². The highest BCUT2D eigenvalue weighted by atomic mass is 32.1. The summed E-state index contributed by atoms with van der Waals surface area (Å²) in [6.07, 6.45) is 0.899. The monoisotopic (exact) mass is 517 g/mol. The maximum atomic E-state index is 12.8. The molecule has 2 amide bonds. The van der Waals surface area contributed by atoms with Crippen molar-refractivity contribution >= 4 is 40.5 Å². The highest BCUT2D eigenvalue weighted by Gasteiger charge is 2.15. The number of thiocarbonyl (C=S) groups is 1. The van der Waals surface area contributed by atoms with E-state index < -0.39 is 0 Å². The smallest absolute Gasteiger partial charge is 0.261 e. The highest BCUT2D eigenvalue weighted by molar-refractivity contribution is 7.80. The summed E-state index contributed by atoms with van der Waals surface area (Å²) in [6, 6.07) is 21.8. The third-order valence-corrected chi connectivity index (χ3v) is 5.93. The van der Waals surface area contributed by atoms with Gasteiger partial charge in [0.05, 0.1) is 12.2 Å². The van der Waals surface area contributed by atoms with Gasteiger partial charge in [-0.15, -0.1) is 0 Å². The minimum Gasteiger partial charge on any atom is -0.493 e. The van der Waals surface area contributed by atoms with Crippen molar-refractivity contribution in [2.75, 3.05) is 17.2 Å². The Morgan fingerprint density at radius 3 is 2.03 bits per heavy atom. The Bertz CT molecular complexity index is 1230. The Morgan fingerprint density at radius 2 is 1.43 bits per heavy atom. The van der Waals surface area contributed by atoms with Crippen molar-refractivity contribution < 1.29 is 14.3 Å². The van der Waals surface area contributed by atoms with E-state index in [4.69, 9.17) is 17.0 Å².